The molecule has 0 fully saturated rings. The predicted octanol–water partition coefficient (Wildman–Crippen LogP) is 4.10. The summed E-state index contributed by atoms with van der Waals surface area (Å²) in [7, 11) is 2.97. The second-order valence-corrected chi connectivity index (χ2v) is 6.07. The molecule has 0 aliphatic rings. The summed E-state index contributed by atoms with van der Waals surface area (Å²) in [6, 6.07) is 10.0. The Hall–Kier alpha value is -2.93. The van der Waals surface area contributed by atoms with Crippen LogP contribution in [0.25, 0.3) is 16.3 Å². The molecule has 1 aromatic heterocycles. The number of carbonyl (C=O) groups is 1. The van der Waals surface area contributed by atoms with E-state index in [-0.39, 0.29) is 11.7 Å². The first-order valence-corrected chi connectivity index (χ1v) is 8.18. The van der Waals surface area contributed by atoms with E-state index >= 15 is 0 Å². The van der Waals surface area contributed by atoms with Crippen LogP contribution >= 0.6 is 11.3 Å². The number of halogens is 1. The second-order valence-electron chi connectivity index (χ2n) is 5.04. The van der Waals surface area contributed by atoms with Gasteiger partial charge in [-0.1, -0.05) is 23.5 Å². The van der Waals surface area contributed by atoms with Gasteiger partial charge in [0.05, 0.1) is 18.9 Å². The van der Waals surface area contributed by atoms with E-state index in [9.17, 15) is 9.18 Å². The van der Waals surface area contributed by atoms with Crippen LogP contribution in [0.1, 0.15) is 5.56 Å². The third-order valence-corrected chi connectivity index (χ3v) is 4.37. The van der Waals surface area contributed by atoms with E-state index in [0.717, 1.165) is 4.70 Å². The molecule has 0 aliphatic heterocycles. The Kier molecular flexibility index (Phi) is 4.95. The molecule has 0 spiro atoms. The van der Waals surface area contributed by atoms with Gasteiger partial charge in [0.15, 0.2) is 16.7 Å². The van der Waals surface area contributed by atoms with Gasteiger partial charge in [0.2, 0.25) is 5.91 Å². The Balaban J connectivity index is 1.73. The number of nitrogens with one attached hydrogen (secondary N) is 1. The van der Waals surface area contributed by atoms with E-state index in [0.29, 0.717) is 22.0 Å². The van der Waals surface area contributed by atoms with E-state index in [1.54, 1.807) is 13.2 Å². The highest BCUT2D eigenvalue weighted by molar-refractivity contribution is 7.22. The van der Waals surface area contributed by atoms with Crippen LogP contribution in [0.15, 0.2) is 42.5 Å². The molecular weight excluding hydrogens is 343 g/mol. The number of anilines is 1. The molecule has 2 aromatic carbocycles. The molecule has 25 heavy (non-hydrogen) atoms. The Bertz CT molecular complexity index is 953. The Morgan fingerprint density at radius 3 is 2.72 bits per heavy atom. The van der Waals surface area contributed by atoms with Crippen LogP contribution in [0.4, 0.5) is 9.52 Å². The molecule has 1 amide bonds. The van der Waals surface area contributed by atoms with Crippen LogP contribution in [0.2, 0.25) is 0 Å². The molecule has 128 valence electrons. The highest BCUT2D eigenvalue weighted by Crippen LogP contribution is 2.32. The number of rotatable bonds is 5. The lowest BCUT2D eigenvalue weighted by molar-refractivity contribution is -0.111. The number of aromatic nitrogens is 1. The van der Waals surface area contributed by atoms with E-state index in [1.807, 2.05) is 18.2 Å². The standard InChI is InChI=1S/C18H15FN2O3S/c1-23-13-8-6-11(10-12(13)19)7-9-16(22)20-18-21-17-14(24-2)4-3-5-15(17)25-18/h3-10H,1-2H3,(H,20,21,22)/b9-7+. The third kappa shape index (κ3) is 3.77. The zero-order valence-corrected chi connectivity index (χ0v) is 14.4. The number of thiazole rings is 1. The number of carbonyl (C=O) groups excluding carboxylic acids is 1. The largest absolute Gasteiger partial charge is 0.494 e. The molecule has 0 bridgehead atoms. The van der Waals surface area contributed by atoms with Crippen LogP contribution in [0.3, 0.4) is 0 Å². The molecule has 0 saturated heterocycles. The van der Waals surface area contributed by atoms with Gasteiger partial charge in [0.1, 0.15) is 11.3 Å². The molecule has 0 atom stereocenters. The molecular formula is C18H15FN2O3S. The molecule has 0 unspecified atom stereocenters. The number of methoxy groups -OCH3 is 2. The van der Waals surface area contributed by atoms with Crippen LogP contribution in [0.5, 0.6) is 11.5 Å². The number of para-hydroxylation sites is 1. The summed E-state index contributed by atoms with van der Waals surface area (Å²) in [4.78, 5) is 16.4. The van der Waals surface area contributed by atoms with Crippen molar-refractivity contribution < 1.29 is 18.7 Å². The molecule has 7 heteroatoms. The normalized spacial score (nSPS) is 11.0. The highest BCUT2D eigenvalue weighted by Gasteiger charge is 2.09. The van der Waals surface area contributed by atoms with Gasteiger partial charge < -0.3 is 9.47 Å². The SMILES string of the molecule is COc1ccc(/C=C/C(=O)Nc2nc3c(OC)cccc3s2)cc1F. The number of benzene rings is 2. The number of hydrogen-bond donors (Lipinski definition) is 1. The van der Waals surface area contributed by atoms with Gasteiger partial charge in [0, 0.05) is 6.08 Å². The maximum Gasteiger partial charge on any atom is 0.250 e. The summed E-state index contributed by atoms with van der Waals surface area (Å²) in [5.41, 5.74) is 1.26. The van der Waals surface area contributed by atoms with Crippen molar-refractivity contribution in [3.8, 4) is 11.5 Å². The molecule has 0 aliphatic carbocycles. The van der Waals surface area contributed by atoms with Gasteiger partial charge in [-0.15, -0.1) is 0 Å². The molecule has 0 radical (unpaired) electrons. The molecule has 3 rings (SSSR count). The van der Waals surface area contributed by atoms with Crippen LogP contribution in [-0.2, 0) is 4.79 Å². The summed E-state index contributed by atoms with van der Waals surface area (Å²) in [6.07, 6.45) is 2.84. The quantitative estimate of drug-likeness (QED) is 0.698. The minimum absolute atomic E-state index is 0.157. The summed E-state index contributed by atoms with van der Waals surface area (Å²) in [5, 5.41) is 3.17. The van der Waals surface area contributed by atoms with Gasteiger partial charge in [-0.2, -0.15) is 0 Å². The zero-order chi connectivity index (χ0) is 17.8. The summed E-state index contributed by atoms with van der Waals surface area (Å²) >= 11 is 1.35. The summed E-state index contributed by atoms with van der Waals surface area (Å²) < 4.78 is 24.7. The Labute approximate surface area is 147 Å². The number of fused-ring (bicyclic) bond motifs is 1. The van der Waals surface area contributed by atoms with Crippen molar-refractivity contribution in [2.45, 2.75) is 0 Å². The Morgan fingerprint density at radius 1 is 1.20 bits per heavy atom. The van der Waals surface area contributed by atoms with Gasteiger partial charge in [-0.05, 0) is 35.9 Å². The van der Waals surface area contributed by atoms with Gasteiger partial charge in [0.25, 0.3) is 0 Å². The van der Waals surface area contributed by atoms with E-state index < -0.39 is 5.82 Å². The molecule has 1 N–H and O–H groups in total. The average molecular weight is 358 g/mol. The minimum Gasteiger partial charge on any atom is -0.494 e. The monoisotopic (exact) mass is 358 g/mol. The van der Waals surface area contributed by atoms with Crippen molar-refractivity contribution in [3.05, 3.63) is 53.9 Å². The first-order chi connectivity index (χ1) is 12.1. The van der Waals surface area contributed by atoms with Crippen molar-refractivity contribution >= 4 is 38.7 Å². The smallest absolute Gasteiger partial charge is 0.250 e. The first kappa shape index (κ1) is 16.9. The van der Waals surface area contributed by atoms with E-state index in [4.69, 9.17) is 9.47 Å². The highest BCUT2D eigenvalue weighted by atomic mass is 32.1. The van der Waals surface area contributed by atoms with Crippen LogP contribution < -0.4 is 14.8 Å². The van der Waals surface area contributed by atoms with Crippen LogP contribution in [-0.4, -0.2) is 25.1 Å². The number of hydrogen-bond acceptors (Lipinski definition) is 5. The number of amides is 1. The minimum atomic E-state index is -0.483. The summed E-state index contributed by atoms with van der Waals surface area (Å²) in [6.45, 7) is 0. The predicted molar refractivity (Wildman–Crippen MR) is 96.8 cm³/mol. The second kappa shape index (κ2) is 7.31. The van der Waals surface area contributed by atoms with Crippen LogP contribution in [0, 0.1) is 5.82 Å². The van der Waals surface area contributed by atoms with E-state index in [2.05, 4.69) is 10.3 Å². The zero-order valence-electron chi connectivity index (χ0n) is 13.6. The van der Waals surface area contributed by atoms with Crippen molar-refractivity contribution in [2.75, 3.05) is 19.5 Å². The van der Waals surface area contributed by atoms with Gasteiger partial charge in [-0.25, -0.2) is 9.37 Å². The fourth-order valence-electron chi connectivity index (χ4n) is 2.25. The van der Waals surface area contributed by atoms with Gasteiger partial charge in [-0.3, -0.25) is 10.1 Å². The topological polar surface area (TPSA) is 60.5 Å². The number of nitrogens with zero attached hydrogens (tertiary/aromatic N) is 1. The maximum absolute atomic E-state index is 13.6. The molecule has 0 saturated carbocycles. The van der Waals surface area contributed by atoms with Crippen molar-refractivity contribution in [3.63, 3.8) is 0 Å². The third-order valence-electron chi connectivity index (χ3n) is 3.44. The summed E-state index contributed by atoms with van der Waals surface area (Å²) in [5.74, 6) is -0.0268. The van der Waals surface area contributed by atoms with Crippen molar-refractivity contribution in [1.29, 1.82) is 0 Å². The molecule has 5 nitrogen and oxygen atoms in total. The molecule has 3 aromatic rings. The average Bonchev–Trinajstić information content (AvgIpc) is 3.02. The fraction of sp³-hybridized carbons (Fsp3) is 0.111. The van der Waals surface area contributed by atoms with E-state index in [1.165, 1.54) is 42.7 Å². The number of ether oxygens (including phenoxy) is 2. The fourth-order valence-corrected chi connectivity index (χ4v) is 3.13. The molecule has 1 heterocycles. The lowest BCUT2D eigenvalue weighted by Gasteiger charge is -2.01. The lowest BCUT2D eigenvalue weighted by atomic mass is 10.2. The lowest BCUT2D eigenvalue weighted by Crippen LogP contribution is -2.07. The maximum atomic E-state index is 13.6. The Morgan fingerprint density at radius 2 is 2.00 bits per heavy atom. The van der Waals surface area contributed by atoms with Gasteiger partial charge >= 0.3 is 0 Å². The van der Waals surface area contributed by atoms with Crippen molar-refractivity contribution in [1.82, 2.24) is 4.98 Å². The first-order valence-electron chi connectivity index (χ1n) is 7.37. The van der Waals surface area contributed by atoms with Crippen molar-refractivity contribution in [2.24, 2.45) is 0 Å².